The Hall–Kier alpha value is -5.27. The van der Waals surface area contributed by atoms with Crippen LogP contribution >= 0.6 is 0 Å². The van der Waals surface area contributed by atoms with Crippen molar-refractivity contribution in [3.8, 4) is 22.6 Å². The molecule has 0 bridgehead atoms. The fraction of sp³-hybridized carbons (Fsp3) is 0.465. The van der Waals surface area contributed by atoms with Gasteiger partial charge in [0.25, 0.3) is 11.5 Å². The van der Waals surface area contributed by atoms with E-state index in [1.807, 2.05) is 36.5 Å². The van der Waals surface area contributed by atoms with E-state index in [1.54, 1.807) is 43.1 Å². The number of likely N-dealkylation sites (tertiary alicyclic amines) is 1. The highest BCUT2D eigenvalue weighted by Gasteiger charge is 2.45. The molecule has 56 heavy (non-hydrogen) atoms. The Bertz CT molecular complexity index is 2210. The van der Waals surface area contributed by atoms with Gasteiger partial charge in [-0.25, -0.2) is 0 Å². The standard InChI is InChI=1S/C43H51N7O6/c1-46(24-35-37(55-3)19-29(20-38(35)56-4)34-25-47(2)41(53)33-22-44-14-11-31(33)34)15-5-6-16-48-26-43(27-48)12-17-49(18-13-43)30-8-7-28-23-50(42(54)32(28)21-30)36-9-10-39(51)45-40(36)52/h7-8,11,14,19-22,25,36H,5-6,9-10,12-13,15-18,23-24,26-27H2,1-4H3,(H,45,51,52). The van der Waals surface area contributed by atoms with Gasteiger partial charge in [-0.15, -0.1) is 0 Å². The summed E-state index contributed by atoms with van der Waals surface area (Å²) in [6.45, 7) is 7.36. The summed E-state index contributed by atoms with van der Waals surface area (Å²) in [5.74, 6) is 0.733. The molecule has 4 aromatic rings. The van der Waals surface area contributed by atoms with Crippen LogP contribution in [0.1, 0.15) is 60.0 Å². The maximum atomic E-state index is 13.4. The lowest BCUT2D eigenvalue weighted by atomic mass is 9.72. The summed E-state index contributed by atoms with van der Waals surface area (Å²) < 4.78 is 13.4. The van der Waals surface area contributed by atoms with Gasteiger partial charge in [0.1, 0.15) is 17.5 Å². The van der Waals surface area contributed by atoms with Crippen molar-refractivity contribution >= 4 is 34.2 Å². The minimum Gasteiger partial charge on any atom is -0.496 e. The number of nitrogens with zero attached hydrogens (tertiary/aromatic N) is 6. The number of methoxy groups -OCH3 is 2. The van der Waals surface area contributed by atoms with Crippen LogP contribution in [0.5, 0.6) is 11.5 Å². The second kappa shape index (κ2) is 15.3. The van der Waals surface area contributed by atoms with E-state index in [1.165, 1.54) is 0 Å². The summed E-state index contributed by atoms with van der Waals surface area (Å²) in [5.41, 5.74) is 5.80. The minimum absolute atomic E-state index is 0.0836. The first-order valence-corrected chi connectivity index (χ1v) is 19.7. The zero-order chi connectivity index (χ0) is 39.1. The fourth-order valence-electron chi connectivity index (χ4n) is 9.26. The van der Waals surface area contributed by atoms with Gasteiger partial charge in [-0.2, -0.15) is 0 Å². The maximum absolute atomic E-state index is 13.4. The number of amides is 3. The number of hydrogen-bond donors (Lipinski definition) is 1. The first kappa shape index (κ1) is 37.6. The van der Waals surface area contributed by atoms with Gasteiger partial charge in [0, 0.05) is 88.1 Å². The number of benzene rings is 2. The van der Waals surface area contributed by atoms with Crippen molar-refractivity contribution in [2.45, 2.75) is 57.7 Å². The number of aromatic nitrogens is 2. The van der Waals surface area contributed by atoms with Gasteiger partial charge in [-0.1, -0.05) is 6.07 Å². The Kier molecular flexibility index (Phi) is 10.3. The van der Waals surface area contributed by atoms with E-state index in [0.717, 1.165) is 110 Å². The van der Waals surface area contributed by atoms with Gasteiger partial charge in [0.05, 0.1) is 25.2 Å². The number of fused-ring (bicyclic) bond motifs is 2. The number of unbranched alkanes of at least 4 members (excludes halogenated alkanes) is 1. The van der Waals surface area contributed by atoms with Gasteiger partial charge >= 0.3 is 0 Å². The molecule has 0 aliphatic carbocycles. The zero-order valence-electron chi connectivity index (χ0n) is 32.8. The third kappa shape index (κ3) is 7.14. The smallest absolute Gasteiger partial charge is 0.259 e. The first-order chi connectivity index (χ1) is 27.1. The van der Waals surface area contributed by atoms with E-state index in [-0.39, 0.29) is 29.7 Å². The molecule has 13 nitrogen and oxygen atoms in total. The molecule has 1 unspecified atom stereocenters. The Morgan fingerprint density at radius 3 is 2.41 bits per heavy atom. The van der Waals surface area contributed by atoms with E-state index < -0.39 is 6.04 Å². The summed E-state index contributed by atoms with van der Waals surface area (Å²) >= 11 is 0. The largest absolute Gasteiger partial charge is 0.496 e. The lowest BCUT2D eigenvalue weighted by Gasteiger charge is -2.54. The van der Waals surface area contributed by atoms with Crippen LogP contribution in [0.3, 0.4) is 0 Å². The number of carbonyl (C=O) groups excluding carboxylic acids is 3. The number of carbonyl (C=O) groups is 3. The fourth-order valence-corrected chi connectivity index (χ4v) is 9.26. The molecule has 3 fully saturated rings. The molecule has 1 N–H and O–H groups in total. The molecular weight excluding hydrogens is 711 g/mol. The summed E-state index contributed by atoms with van der Waals surface area (Å²) in [4.78, 5) is 63.3. The summed E-state index contributed by atoms with van der Waals surface area (Å²) in [5, 5.41) is 3.79. The third-order valence-electron chi connectivity index (χ3n) is 12.4. The van der Waals surface area contributed by atoms with Crippen molar-refractivity contribution in [1.82, 2.24) is 29.6 Å². The SMILES string of the molecule is COc1cc(-c2cn(C)c(=O)c3cnccc23)cc(OC)c1CN(C)CCCCN1CC2(CCN(c3ccc4c(c3)C(=O)N(C3CCC(=O)NC3=O)C4)CC2)C1. The van der Waals surface area contributed by atoms with Crippen LogP contribution < -0.4 is 25.2 Å². The van der Waals surface area contributed by atoms with Crippen molar-refractivity contribution < 1.29 is 23.9 Å². The number of piperidine rings is 2. The predicted molar refractivity (Wildman–Crippen MR) is 214 cm³/mol. The Morgan fingerprint density at radius 2 is 1.70 bits per heavy atom. The van der Waals surface area contributed by atoms with Crippen LogP contribution in [-0.2, 0) is 29.7 Å². The van der Waals surface area contributed by atoms with Crippen LogP contribution in [0, 0.1) is 5.41 Å². The number of ether oxygens (including phenoxy) is 2. The van der Waals surface area contributed by atoms with Crippen molar-refractivity contribution in [1.29, 1.82) is 0 Å². The van der Waals surface area contributed by atoms with Crippen LogP contribution in [0.2, 0.25) is 0 Å². The quantitative estimate of drug-likeness (QED) is 0.166. The number of imide groups is 1. The van der Waals surface area contributed by atoms with Crippen LogP contribution in [0.15, 0.2) is 59.8 Å². The van der Waals surface area contributed by atoms with Crippen LogP contribution in [0.4, 0.5) is 5.69 Å². The molecule has 3 amide bonds. The average molecular weight is 762 g/mol. The van der Waals surface area contributed by atoms with Crippen molar-refractivity contribution in [2.75, 3.05) is 65.4 Å². The van der Waals surface area contributed by atoms with Gasteiger partial charge in [0.2, 0.25) is 11.8 Å². The topological polar surface area (TPSA) is 130 Å². The first-order valence-electron chi connectivity index (χ1n) is 19.7. The second-order valence-electron chi connectivity index (χ2n) is 16.1. The third-order valence-corrected chi connectivity index (χ3v) is 12.4. The van der Waals surface area contributed by atoms with Gasteiger partial charge in [-0.3, -0.25) is 29.5 Å². The van der Waals surface area contributed by atoms with Gasteiger partial charge in [-0.05, 0) is 105 Å². The summed E-state index contributed by atoms with van der Waals surface area (Å²) in [6.07, 6.45) is 10.3. The molecule has 3 saturated heterocycles. The number of nitrogens with one attached hydrogen (secondary N) is 1. The predicted octanol–water partition coefficient (Wildman–Crippen LogP) is 4.19. The number of pyridine rings is 2. The Morgan fingerprint density at radius 1 is 0.946 bits per heavy atom. The Balaban J connectivity index is 0.800. The normalized spacial score (nSPS) is 19.4. The van der Waals surface area contributed by atoms with E-state index in [0.29, 0.717) is 35.9 Å². The summed E-state index contributed by atoms with van der Waals surface area (Å²) in [7, 11) is 7.26. The highest BCUT2D eigenvalue weighted by atomic mass is 16.5. The molecule has 1 spiro atoms. The highest BCUT2D eigenvalue weighted by Crippen LogP contribution is 2.42. The maximum Gasteiger partial charge on any atom is 0.259 e. The summed E-state index contributed by atoms with van der Waals surface area (Å²) in [6, 6.07) is 11.5. The van der Waals surface area contributed by atoms with Gasteiger partial charge < -0.3 is 33.6 Å². The average Bonchev–Trinajstić information content (AvgIpc) is 3.52. The lowest BCUT2D eigenvalue weighted by molar-refractivity contribution is -0.136. The van der Waals surface area contributed by atoms with E-state index >= 15 is 0 Å². The lowest BCUT2D eigenvalue weighted by Crippen LogP contribution is -2.60. The monoisotopic (exact) mass is 761 g/mol. The van der Waals surface area contributed by atoms with Crippen molar-refractivity contribution in [3.63, 3.8) is 0 Å². The molecule has 0 saturated carbocycles. The highest BCUT2D eigenvalue weighted by molar-refractivity contribution is 6.05. The molecule has 2 aromatic carbocycles. The molecular formula is C43H51N7O6. The van der Waals surface area contributed by atoms with Crippen LogP contribution in [0.25, 0.3) is 21.9 Å². The molecule has 0 radical (unpaired) electrons. The van der Waals surface area contributed by atoms with Crippen LogP contribution in [-0.4, -0.2) is 109 Å². The second-order valence-corrected chi connectivity index (χ2v) is 16.1. The number of aryl methyl sites for hydroxylation is 1. The number of hydrogen-bond acceptors (Lipinski definition) is 10. The molecule has 1 atom stereocenters. The van der Waals surface area contributed by atoms with Gasteiger partial charge in [0.15, 0.2) is 0 Å². The zero-order valence-corrected chi connectivity index (χ0v) is 32.8. The minimum atomic E-state index is -0.591. The molecule has 4 aliphatic rings. The van der Waals surface area contributed by atoms with E-state index in [9.17, 15) is 19.2 Å². The molecule has 4 aliphatic heterocycles. The van der Waals surface area contributed by atoms with E-state index in [4.69, 9.17) is 9.47 Å². The molecule has 6 heterocycles. The molecule has 294 valence electrons. The van der Waals surface area contributed by atoms with Crippen molar-refractivity contribution in [3.05, 3.63) is 82.0 Å². The molecule has 13 heteroatoms. The van der Waals surface area contributed by atoms with E-state index in [2.05, 4.69) is 38.1 Å². The number of rotatable bonds is 12. The molecule has 8 rings (SSSR count). The van der Waals surface area contributed by atoms with Crippen molar-refractivity contribution in [2.24, 2.45) is 12.5 Å². The Labute approximate surface area is 327 Å². The number of anilines is 1. The molecule has 2 aromatic heterocycles.